The van der Waals surface area contributed by atoms with E-state index in [4.69, 9.17) is 10.00 Å². The molecule has 0 aliphatic heterocycles. The Morgan fingerprint density at radius 1 is 1.45 bits per heavy atom. The molecule has 0 spiro atoms. The van der Waals surface area contributed by atoms with Gasteiger partial charge >= 0.3 is 5.97 Å². The third-order valence-corrected chi connectivity index (χ3v) is 3.68. The number of carbonyl (C=O) groups is 1. The number of carbonyl (C=O) groups excluding carboxylic acids is 1. The number of thiazole rings is 1. The van der Waals surface area contributed by atoms with Crippen molar-refractivity contribution in [2.75, 3.05) is 0 Å². The van der Waals surface area contributed by atoms with Gasteiger partial charge in [0.25, 0.3) is 0 Å². The molecule has 5 heteroatoms. The highest BCUT2D eigenvalue weighted by atomic mass is 32.1. The van der Waals surface area contributed by atoms with Crippen LogP contribution in [0.4, 0.5) is 0 Å². The van der Waals surface area contributed by atoms with Crippen LogP contribution in [0.2, 0.25) is 0 Å². The van der Waals surface area contributed by atoms with E-state index in [1.165, 1.54) is 23.8 Å². The Morgan fingerprint density at radius 3 is 2.75 bits per heavy atom. The van der Waals surface area contributed by atoms with Crippen LogP contribution in [0, 0.1) is 11.3 Å². The average molecular weight is 286 g/mol. The Bertz CT molecular complexity index is 641. The van der Waals surface area contributed by atoms with E-state index in [1.54, 1.807) is 5.38 Å². The lowest BCUT2D eigenvalue weighted by atomic mass is 10.1. The van der Waals surface area contributed by atoms with Gasteiger partial charge in [-0.3, -0.25) is 0 Å². The summed E-state index contributed by atoms with van der Waals surface area (Å²) in [5.74, 6) is -0.563. The highest BCUT2D eigenvalue weighted by Gasteiger charge is 2.15. The van der Waals surface area contributed by atoms with Crippen molar-refractivity contribution in [1.82, 2.24) is 4.98 Å². The molecule has 4 nitrogen and oxygen atoms in total. The molecular weight excluding hydrogens is 272 g/mol. The van der Waals surface area contributed by atoms with Gasteiger partial charge in [-0.05, 0) is 18.9 Å². The maximum absolute atomic E-state index is 11.7. The number of aryl methyl sites for hydroxylation is 1. The first kappa shape index (κ1) is 14.2. The molecule has 0 bridgehead atoms. The van der Waals surface area contributed by atoms with E-state index in [0.29, 0.717) is 0 Å². The molecule has 0 radical (unpaired) electrons. The van der Waals surface area contributed by atoms with Crippen molar-refractivity contribution in [2.24, 2.45) is 0 Å². The highest BCUT2D eigenvalue weighted by Crippen LogP contribution is 2.24. The lowest BCUT2D eigenvalue weighted by Gasteiger charge is -2.02. The molecule has 0 fully saturated rings. The van der Waals surface area contributed by atoms with Crippen LogP contribution >= 0.6 is 11.3 Å². The summed E-state index contributed by atoms with van der Waals surface area (Å²) in [6, 6.07) is 9.93. The SMILES string of the molecule is CCc1ccc(-c2nc(C(=O)O[C@@H](C)C#N)cs2)cc1. The molecular formula is C15H14N2O2S. The summed E-state index contributed by atoms with van der Waals surface area (Å²) < 4.78 is 4.92. The first-order valence-corrected chi connectivity index (χ1v) is 7.17. The Hall–Kier alpha value is -2.19. The van der Waals surface area contributed by atoms with Gasteiger partial charge in [-0.25, -0.2) is 9.78 Å². The summed E-state index contributed by atoms with van der Waals surface area (Å²) >= 11 is 1.38. The topological polar surface area (TPSA) is 63.0 Å². The van der Waals surface area contributed by atoms with Gasteiger partial charge in [0.15, 0.2) is 11.8 Å². The second-order valence-corrected chi connectivity index (χ2v) is 5.12. The second-order valence-electron chi connectivity index (χ2n) is 4.27. The van der Waals surface area contributed by atoms with Crippen LogP contribution in [0.15, 0.2) is 29.6 Å². The Kier molecular flexibility index (Phi) is 4.49. The third kappa shape index (κ3) is 3.22. The van der Waals surface area contributed by atoms with Gasteiger partial charge in [-0.2, -0.15) is 5.26 Å². The summed E-state index contributed by atoms with van der Waals surface area (Å²) in [5.41, 5.74) is 2.47. The number of esters is 1. The number of hydrogen-bond donors (Lipinski definition) is 0. The van der Waals surface area contributed by atoms with Gasteiger partial charge in [0.1, 0.15) is 11.1 Å². The van der Waals surface area contributed by atoms with Gasteiger partial charge < -0.3 is 4.74 Å². The summed E-state index contributed by atoms with van der Waals surface area (Å²) in [6.07, 6.45) is 0.221. The minimum atomic E-state index is -0.767. The van der Waals surface area contributed by atoms with E-state index in [-0.39, 0.29) is 5.69 Å². The number of ether oxygens (including phenoxy) is 1. The standard InChI is InChI=1S/C15H14N2O2S/c1-3-11-4-6-12(7-5-11)14-17-13(9-20-14)15(18)19-10(2)8-16/h4-7,9-10H,3H2,1-2H3/t10-/m0/s1. The fraction of sp³-hybridized carbons (Fsp3) is 0.267. The van der Waals surface area contributed by atoms with Crippen LogP contribution in [0.25, 0.3) is 10.6 Å². The van der Waals surface area contributed by atoms with E-state index >= 15 is 0 Å². The Labute approximate surface area is 121 Å². The van der Waals surface area contributed by atoms with Crippen LogP contribution in [0.3, 0.4) is 0 Å². The fourth-order valence-corrected chi connectivity index (χ4v) is 2.43. The molecule has 2 rings (SSSR count). The van der Waals surface area contributed by atoms with Crippen LogP contribution < -0.4 is 0 Å². The lowest BCUT2D eigenvalue weighted by Crippen LogP contribution is -2.13. The number of rotatable bonds is 4. The number of nitrogens with zero attached hydrogens (tertiary/aromatic N) is 2. The molecule has 0 aliphatic rings. The minimum absolute atomic E-state index is 0.242. The molecule has 0 saturated heterocycles. The largest absolute Gasteiger partial charge is 0.443 e. The predicted octanol–water partition coefficient (Wildman–Crippen LogP) is 3.44. The molecule has 0 amide bonds. The third-order valence-electron chi connectivity index (χ3n) is 2.79. The quantitative estimate of drug-likeness (QED) is 0.808. The number of hydrogen-bond acceptors (Lipinski definition) is 5. The summed E-state index contributed by atoms with van der Waals surface area (Å²) in [5, 5.41) is 11.0. The van der Waals surface area contributed by atoms with Crippen molar-refractivity contribution in [3.8, 4) is 16.6 Å². The van der Waals surface area contributed by atoms with Crippen molar-refractivity contribution < 1.29 is 9.53 Å². The first-order chi connectivity index (χ1) is 9.63. The summed E-state index contributed by atoms with van der Waals surface area (Å²) in [6.45, 7) is 3.62. The maximum atomic E-state index is 11.7. The zero-order chi connectivity index (χ0) is 14.5. The van der Waals surface area contributed by atoms with E-state index in [0.717, 1.165) is 17.0 Å². The molecule has 1 atom stereocenters. The molecule has 0 N–H and O–H groups in total. The second kappa shape index (κ2) is 6.31. The summed E-state index contributed by atoms with van der Waals surface area (Å²) in [4.78, 5) is 16.0. The first-order valence-electron chi connectivity index (χ1n) is 6.29. The normalized spacial score (nSPS) is 11.7. The van der Waals surface area contributed by atoms with Gasteiger partial charge in [0.2, 0.25) is 0 Å². The molecule has 1 aromatic carbocycles. The highest BCUT2D eigenvalue weighted by molar-refractivity contribution is 7.13. The lowest BCUT2D eigenvalue weighted by molar-refractivity contribution is 0.0429. The zero-order valence-corrected chi connectivity index (χ0v) is 12.1. The molecule has 102 valence electrons. The number of nitriles is 1. The van der Waals surface area contributed by atoms with Crippen molar-refractivity contribution >= 4 is 17.3 Å². The molecule has 1 aromatic heterocycles. The smallest absolute Gasteiger partial charge is 0.359 e. The fourth-order valence-electron chi connectivity index (χ4n) is 1.63. The van der Waals surface area contributed by atoms with Gasteiger partial charge in [0.05, 0.1) is 0 Å². The number of benzene rings is 1. The van der Waals surface area contributed by atoms with E-state index in [1.807, 2.05) is 30.3 Å². The van der Waals surface area contributed by atoms with Crippen LogP contribution in [-0.4, -0.2) is 17.1 Å². The van der Waals surface area contributed by atoms with Gasteiger partial charge in [-0.15, -0.1) is 11.3 Å². The summed E-state index contributed by atoms with van der Waals surface area (Å²) in [7, 11) is 0. The molecule has 0 saturated carbocycles. The van der Waals surface area contributed by atoms with Crippen molar-refractivity contribution in [2.45, 2.75) is 26.4 Å². The van der Waals surface area contributed by atoms with Crippen LogP contribution in [0.5, 0.6) is 0 Å². The van der Waals surface area contributed by atoms with Gasteiger partial charge in [0, 0.05) is 10.9 Å². The molecule has 0 unspecified atom stereocenters. The van der Waals surface area contributed by atoms with Crippen LogP contribution in [-0.2, 0) is 11.2 Å². The van der Waals surface area contributed by atoms with E-state index < -0.39 is 12.1 Å². The molecule has 0 aliphatic carbocycles. The van der Waals surface area contributed by atoms with Crippen molar-refractivity contribution in [3.05, 3.63) is 40.9 Å². The maximum Gasteiger partial charge on any atom is 0.359 e. The molecule has 1 heterocycles. The minimum Gasteiger partial charge on any atom is -0.443 e. The van der Waals surface area contributed by atoms with E-state index in [2.05, 4.69) is 11.9 Å². The number of aromatic nitrogens is 1. The molecule has 2 aromatic rings. The molecule has 20 heavy (non-hydrogen) atoms. The Balaban J connectivity index is 2.16. The zero-order valence-electron chi connectivity index (χ0n) is 11.3. The van der Waals surface area contributed by atoms with Gasteiger partial charge in [-0.1, -0.05) is 31.2 Å². The van der Waals surface area contributed by atoms with E-state index in [9.17, 15) is 4.79 Å². The van der Waals surface area contributed by atoms with Crippen LogP contribution in [0.1, 0.15) is 29.9 Å². The average Bonchev–Trinajstić information content (AvgIpc) is 2.97. The Morgan fingerprint density at radius 2 is 2.15 bits per heavy atom. The monoisotopic (exact) mass is 286 g/mol. The van der Waals surface area contributed by atoms with Crippen molar-refractivity contribution in [3.63, 3.8) is 0 Å². The van der Waals surface area contributed by atoms with Crippen molar-refractivity contribution in [1.29, 1.82) is 5.26 Å². The predicted molar refractivity (Wildman–Crippen MR) is 77.4 cm³/mol.